The molecule has 4 heteroatoms. The summed E-state index contributed by atoms with van der Waals surface area (Å²) in [6, 6.07) is 23.0. The smallest absolute Gasteiger partial charge is 0.231 e. The van der Waals surface area contributed by atoms with Crippen LogP contribution in [0.15, 0.2) is 66.7 Å². The van der Waals surface area contributed by atoms with Crippen LogP contribution in [0, 0.1) is 19.8 Å². The summed E-state index contributed by atoms with van der Waals surface area (Å²) in [5.41, 5.74) is 5.71. The number of ether oxygens (including phenoxy) is 4. The van der Waals surface area contributed by atoms with Gasteiger partial charge in [-0.1, -0.05) is 72.6 Å². The predicted molar refractivity (Wildman–Crippen MR) is 114 cm³/mol. The zero-order valence-corrected chi connectivity index (χ0v) is 17.5. The molecule has 2 aliphatic heterocycles. The summed E-state index contributed by atoms with van der Waals surface area (Å²) in [5, 5.41) is 0. The minimum Gasteiger partial charge on any atom is -0.454 e. The van der Waals surface area contributed by atoms with E-state index >= 15 is 0 Å². The monoisotopic (exact) mass is 402 g/mol. The van der Waals surface area contributed by atoms with Gasteiger partial charge >= 0.3 is 0 Å². The minimum absolute atomic E-state index is 0.0823. The highest BCUT2D eigenvalue weighted by molar-refractivity contribution is 5.45. The summed E-state index contributed by atoms with van der Waals surface area (Å²) in [6.07, 6.45) is -0.657. The molecule has 0 radical (unpaired) electrons. The molecule has 3 aromatic carbocycles. The van der Waals surface area contributed by atoms with E-state index < -0.39 is 6.29 Å². The molecule has 2 aliphatic rings. The Morgan fingerprint density at radius 3 is 1.83 bits per heavy atom. The highest BCUT2D eigenvalue weighted by atomic mass is 16.7. The van der Waals surface area contributed by atoms with E-state index in [0.717, 1.165) is 22.6 Å². The van der Waals surface area contributed by atoms with Crippen LogP contribution < -0.4 is 9.47 Å². The lowest BCUT2D eigenvalue weighted by molar-refractivity contribution is -0.277. The Morgan fingerprint density at radius 2 is 1.17 bits per heavy atom. The van der Waals surface area contributed by atoms with Gasteiger partial charge in [0.25, 0.3) is 0 Å². The number of fused-ring (bicyclic) bond motifs is 1. The summed E-state index contributed by atoms with van der Waals surface area (Å²) in [4.78, 5) is 0. The summed E-state index contributed by atoms with van der Waals surface area (Å²) in [7, 11) is 0. The molecular formula is C26H26O4. The molecule has 0 amide bonds. The predicted octanol–water partition coefficient (Wildman–Crippen LogP) is 6.20. The maximum absolute atomic E-state index is 6.53. The Bertz CT molecular complexity index is 1030. The minimum atomic E-state index is -0.441. The second-order valence-electron chi connectivity index (χ2n) is 8.24. The van der Waals surface area contributed by atoms with Crippen molar-refractivity contribution in [3.8, 4) is 11.5 Å². The van der Waals surface area contributed by atoms with E-state index in [9.17, 15) is 0 Å². The average Bonchev–Trinajstić information content (AvgIpc) is 3.23. The fraction of sp³-hybridized carbons (Fsp3) is 0.308. The molecule has 0 N–H and O–H groups in total. The van der Waals surface area contributed by atoms with Crippen molar-refractivity contribution in [3.63, 3.8) is 0 Å². The van der Waals surface area contributed by atoms with Crippen LogP contribution in [0.5, 0.6) is 11.5 Å². The molecule has 0 saturated carbocycles. The first-order valence-electron chi connectivity index (χ1n) is 10.4. The van der Waals surface area contributed by atoms with Gasteiger partial charge in [0, 0.05) is 11.5 Å². The summed E-state index contributed by atoms with van der Waals surface area (Å²) in [5.74, 6) is 1.67. The Balaban J connectivity index is 1.52. The SMILES string of the molecule is Cc1ccc([C@@H]2O[C@H](c3ccc(C)cc3)[C@H](C)[C@H](c3ccc4c(c3)OCO4)O2)cc1. The third kappa shape index (κ3) is 3.57. The third-order valence-electron chi connectivity index (χ3n) is 5.98. The van der Waals surface area contributed by atoms with E-state index in [-0.39, 0.29) is 24.9 Å². The zero-order valence-electron chi connectivity index (χ0n) is 17.5. The van der Waals surface area contributed by atoms with Crippen molar-refractivity contribution in [2.45, 2.75) is 39.3 Å². The molecule has 1 fully saturated rings. The van der Waals surface area contributed by atoms with Crippen LogP contribution in [-0.4, -0.2) is 6.79 Å². The van der Waals surface area contributed by atoms with Gasteiger partial charge in [-0.3, -0.25) is 0 Å². The molecule has 154 valence electrons. The van der Waals surface area contributed by atoms with Gasteiger partial charge in [-0.15, -0.1) is 0 Å². The Hall–Kier alpha value is -2.82. The van der Waals surface area contributed by atoms with Crippen molar-refractivity contribution in [1.29, 1.82) is 0 Å². The highest BCUT2D eigenvalue weighted by Crippen LogP contribution is 2.49. The van der Waals surface area contributed by atoms with Gasteiger partial charge in [-0.05, 0) is 37.1 Å². The third-order valence-corrected chi connectivity index (χ3v) is 5.98. The van der Waals surface area contributed by atoms with Crippen molar-refractivity contribution in [2.24, 2.45) is 5.92 Å². The molecule has 2 heterocycles. The van der Waals surface area contributed by atoms with E-state index in [4.69, 9.17) is 18.9 Å². The summed E-state index contributed by atoms with van der Waals surface area (Å²) < 4.78 is 24.1. The second-order valence-corrected chi connectivity index (χ2v) is 8.24. The topological polar surface area (TPSA) is 36.9 Å². The van der Waals surface area contributed by atoms with Crippen molar-refractivity contribution < 1.29 is 18.9 Å². The molecule has 30 heavy (non-hydrogen) atoms. The van der Waals surface area contributed by atoms with Crippen LogP contribution >= 0.6 is 0 Å². The molecule has 0 spiro atoms. The van der Waals surface area contributed by atoms with Crippen LogP contribution in [0.1, 0.15) is 53.2 Å². The number of hydrogen-bond acceptors (Lipinski definition) is 4. The first-order valence-corrected chi connectivity index (χ1v) is 10.4. The fourth-order valence-corrected chi connectivity index (χ4v) is 4.20. The number of hydrogen-bond donors (Lipinski definition) is 0. The Labute approximate surface area is 177 Å². The first-order chi connectivity index (χ1) is 14.6. The average molecular weight is 402 g/mol. The molecule has 4 atom stereocenters. The quantitative estimate of drug-likeness (QED) is 0.523. The van der Waals surface area contributed by atoms with Gasteiger partial charge < -0.3 is 18.9 Å². The molecule has 4 nitrogen and oxygen atoms in total. The van der Waals surface area contributed by atoms with E-state index in [1.54, 1.807) is 0 Å². The largest absolute Gasteiger partial charge is 0.454 e. The molecule has 1 saturated heterocycles. The van der Waals surface area contributed by atoms with Gasteiger partial charge in [-0.25, -0.2) is 0 Å². The maximum Gasteiger partial charge on any atom is 0.231 e. The fourth-order valence-electron chi connectivity index (χ4n) is 4.20. The van der Waals surface area contributed by atoms with Crippen molar-refractivity contribution in [3.05, 3.63) is 94.5 Å². The number of benzene rings is 3. The summed E-state index contributed by atoms with van der Waals surface area (Å²) >= 11 is 0. The van der Waals surface area contributed by atoms with Crippen LogP contribution in [0.25, 0.3) is 0 Å². The lowest BCUT2D eigenvalue weighted by Gasteiger charge is -2.41. The Kier molecular flexibility index (Phi) is 4.97. The van der Waals surface area contributed by atoms with Gasteiger partial charge in [0.05, 0.1) is 12.2 Å². The number of rotatable bonds is 3. The summed E-state index contributed by atoms with van der Waals surface area (Å²) in [6.45, 7) is 6.63. The lowest BCUT2D eigenvalue weighted by atomic mass is 9.87. The van der Waals surface area contributed by atoms with E-state index in [0.29, 0.717) is 0 Å². The van der Waals surface area contributed by atoms with Gasteiger partial charge in [0.1, 0.15) is 0 Å². The molecule has 3 aromatic rings. The molecule has 0 unspecified atom stereocenters. The maximum atomic E-state index is 6.53. The standard InChI is InChI=1S/C26H26O4/c1-16-4-8-19(9-5-16)24-18(3)25(21-12-13-22-23(14-21)28-15-27-22)30-26(29-24)20-10-6-17(2)7-11-20/h4-14,18,24-26H,15H2,1-3H3/t18-,24-,25+,26+/m0/s1. The van der Waals surface area contributed by atoms with E-state index in [2.05, 4.69) is 75.4 Å². The van der Waals surface area contributed by atoms with Crippen LogP contribution in [0.3, 0.4) is 0 Å². The van der Waals surface area contributed by atoms with E-state index in [1.165, 1.54) is 16.7 Å². The first kappa shape index (κ1) is 19.2. The van der Waals surface area contributed by atoms with Gasteiger partial charge in [0.15, 0.2) is 17.8 Å². The van der Waals surface area contributed by atoms with Gasteiger partial charge in [0.2, 0.25) is 6.79 Å². The van der Waals surface area contributed by atoms with Crippen LogP contribution in [-0.2, 0) is 9.47 Å². The molecule has 0 aliphatic carbocycles. The molecular weight excluding hydrogens is 376 g/mol. The molecule has 5 rings (SSSR count). The highest BCUT2D eigenvalue weighted by Gasteiger charge is 2.39. The van der Waals surface area contributed by atoms with Crippen molar-refractivity contribution >= 4 is 0 Å². The lowest BCUT2D eigenvalue weighted by Crippen LogP contribution is -2.32. The van der Waals surface area contributed by atoms with Gasteiger partial charge in [-0.2, -0.15) is 0 Å². The van der Waals surface area contributed by atoms with E-state index in [1.807, 2.05) is 12.1 Å². The zero-order chi connectivity index (χ0) is 20.7. The van der Waals surface area contributed by atoms with Crippen molar-refractivity contribution in [1.82, 2.24) is 0 Å². The normalized spacial score (nSPS) is 25.3. The number of aryl methyl sites for hydroxylation is 2. The molecule has 0 bridgehead atoms. The van der Waals surface area contributed by atoms with Crippen molar-refractivity contribution in [2.75, 3.05) is 6.79 Å². The Morgan fingerprint density at radius 1 is 0.633 bits per heavy atom. The van der Waals surface area contributed by atoms with Crippen LogP contribution in [0.2, 0.25) is 0 Å². The molecule has 0 aromatic heterocycles. The second kappa shape index (κ2) is 7.78. The van der Waals surface area contributed by atoms with Crippen LogP contribution in [0.4, 0.5) is 0 Å².